The maximum Gasteiger partial charge on any atom is 0.280 e. The predicted octanol–water partition coefficient (Wildman–Crippen LogP) is 4.05. The molecular weight excluding hydrogens is 502 g/mol. The molecule has 2 aromatic heterocycles. The average molecular weight is 530 g/mol. The summed E-state index contributed by atoms with van der Waals surface area (Å²) in [6.07, 6.45) is 2.32. The molecule has 36 heavy (non-hydrogen) atoms. The number of anilines is 1. The maximum atomic E-state index is 13.8. The van der Waals surface area contributed by atoms with Gasteiger partial charge in [0.2, 0.25) is 0 Å². The quantitative estimate of drug-likeness (QED) is 0.338. The summed E-state index contributed by atoms with van der Waals surface area (Å²) in [5.74, 6) is 1.09. The Balaban J connectivity index is 0.00000304. The third kappa shape index (κ3) is 5.36. The summed E-state index contributed by atoms with van der Waals surface area (Å²) in [5, 5.41) is 0.574. The molecule has 4 aromatic rings. The lowest BCUT2D eigenvalue weighted by Gasteiger charge is -2.27. The minimum atomic E-state index is -0.234. The number of morpholine rings is 1. The number of aromatic nitrogens is 3. The number of methoxy groups -OCH3 is 2. The summed E-state index contributed by atoms with van der Waals surface area (Å²) in [6.45, 7) is 4.65. The molecule has 0 radical (unpaired) electrons. The molecule has 0 saturated carbocycles. The lowest BCUT2D eigenvalue weighted by Crippen LogP contribution is -2.39. The molecule has 1 aliphatic heterocycles. The minimum Gasteiger partial charge on any atom is -0.495 e. The molecule has 0 N–H and O–H groups in total. The SMILES string of the molecule is COc1ccc(OC)c2sc(N(CCCN3CCOCC3)C(=O)c3cnc4ccccc4n3)nc12.Cl. The molecule has 0 atom stereocenters. The van der Waals surface area contributed by atoms with Crippen molar-refractivity contribution in [3.8, 4) is 11.5 Å². The highest BCUT2D eigenvalue weighted by atomic mass is 35.5. The van der Waals surface area contributed by atoms with E-state index in [1.165, 1.54) is 17.5 Å². The molecular formula is C25H28ClN5O4S. The Hall–Kier alpha value is -3.05. The summed E-state index contributed by atoms with van der Waals surface area (Å²) in [6, 6.07) is 11.2. The van der Waals surface area contributed by atoms with Crippen molar-refractivity contribution in [1.82, 2.24) is 19.9 Å². The van der Waals surface area contributed by atoms with Crippen LogP contribution in [-0.2, 0) is 4.74 Å². The van der Waals surface area contributed by atoms with Gasteiger partial charge in [-0.2, -0.15) is 0 Å². The van der Waals surface area contributed by atoms with Crippen molar-refractivity contribution in [2.24, 2.45) is 0 Å². The van der Waals surface area contributed by atoms with Gasteiger partial charge in [0.25, 0.3) is 5.91 Å². The number of hydrogen-bond donors (Lipinski definition) is 0. The van der Waals surface area contributed by atoms with Crippen LogP contribution in [0.15, 0.2) is 42.6 Å². The van der Waals surface area contributed by atoms with Gasteiger partial charge in [-0.3, -0.25) is 19.6 Å². The fourth-order valence-electron chi connectivity index (χ4n) is 4.15. The highest BCUT2D eigenvalue weighted by Gasteiger charge is 2.25. The van der Waals surface area contributed by atoms with E-state index in [0.717, 1.165) is 49.5 Å². The first-order valence-electron chi connectivity index (χ1n) is 11.5. The fraction of sp³-hybridized carbons (Fsp3) is 0.360. The number of benzene rings is 2. The summed E-state index contributed by atoms with van der Waals surface area (Å²) in [4.78, 5) is 31.6. The molecule has 9 nitrogen and oxygen atoms in total. The van der Waals surface area contributed by atoms with Gasteiger partial charge >= 0.3 is 0 Å². The zero-order valence-electron chi connectivity index (χ0n) is 20.2. The normalized spacial score (nSPS) is 13.9. The summed E-state index contributed by atoms with van der Waals surface area (Å²) in [5.41, 5.74) is 2.38. The Morgan fingerprint density at radius 3 is 2.53 bits per heavy atom. The molecule has 1 amide bonds. The molecule has 2 aromatic carbocycles. The second kappa shape index (κ2) is 11.8. The number of carbonyl (C=O) groups excluding carboxylic acids is 1. The van der Waals surface area contributed by atoms with Crippen molar-refractivity contribution in [3.05, 3.63) is 48.3 Å². The number of carbonyl (C=O) groups is 1. The summed E-state index contributed by atoms with van der Waals surface area (Å²) >= 11 is 1.41. The molecule has 0 aliphatic carbocycles. The molecule has 1 aliphatic rings. The van der Waals surface area contributed by atoms with Gasteiger partial charge in [0.15, 0.2) is 5.13 Å². The number of hydrogen-bond acceptors (Lipinski definition) is 9. The molecule has 3 heterocycles. The van der Waals surface area contributed by atoms with Crippen LogP contribution < -0.4 is 14.4 Å². The Labute approximate surface area is 219 Å². The number of thiazole rings is 1. The predicted molar refractivity (Wildman–Crippen MR) is 143 cm³/mol. The smallest absolute Gasteiger partial charge is 0.280 e. The first kappa shape index (κ1) is 26.0. The molecule has 1 fully saturated rings. The number of ether oxygens (including phenoxy) is 3. The molecule has 0 bridgehead atoms. The van der Waals surface area contributed by atoms with Crippen LogP contribution in [0.5, 0.6) is 11.5 Å². The Morgan fingerprint density at radius 2 is 1.78 bits per heavy atom. The second-order valence-electron chi connectivity index (χ2n) is 8.15. The van der Waals surface area contributed by atoms with Gasteiger partial charge in [-0.1, -0.05) is 23.5 Å². The third-order valence-corrected chi connectivity index (χ3v) is 7.10. The van der Waals surface area contributed by atoms with E-state index in [9.17, 15) is 4.79 Å². The third-order valence-electron chi connectivity index (χ3n) is 6.00. The second-order valence-corrected chi connectivity index (χ2v) is 9.13. The van der Waals surface area contributed by atoms with Gasteiger partial charge in [0, 0.05) is 26.2 Å². The Kier molecular flexibility index (Phi) is 8.52. The van der Waals surface area contributed by atoms with Gasteiger partial charge in [0.1, 0.15) is 27.4 Å². The van der Waals surface area contributed by atoms with E-state index in [2.05, 4.69) is 14.9 Å². The fourth-order valence-corrected chi connectivity index (χ4v) is 5.25. The lowest BCUT2D eigenvalue weighted by atomic mass is 10.2. The summed E-state index contributed by atoms with van der Waals surface area (Å²) in [7, 11) is 3.23. The standard InChI is InChI=1S/C25H27N5O4S.ClH/c1-32-20-8-9-21(33-2)23-22(20)28-25(35-23)30(11-5-10-29-12-14-34-15-13-29)24(31)19-16-26-17-6-3-4-7-18(17)27-19;/h3-4,6-9,16H,5,10-15H2,1-2H3;1H. The van der Waals surface area contributed by atoms with Crippen LogP contribution in [-0.4, -0.2) is 79.4 Å². The molecule has 1 saturated heterocycles. The van der Waals surface area contributed by atoms with Crippen LogP contribution in [0.2, 0.25) is 0 Å². The van der Waals surface area contributed by atoms with Crippen LogP contribution in [0.4, 0.5) is 5.13 Å². The Bertz CT molecular complexity index is 1300. The first-order chi connectivity index (χ1) is 17.2. The van der Waals surface area contributed by atoms with E-state index >= 15 is 0 Å². The van der Waals surface area contributed by atoms with E-state index < -0.39 is 0 Å². The molecule has 190 valence electrons. The zero-order chi connectivity index (χ0) is 24.2. The number of amides is 1. The van der Waals surface area contributed by atoms with Crippen molar-refractivity contribution < 1.29 is 19.0 Å². The number of para-hydroxylation sites is 2. The van der Waals surface area contributed by atoms with Gasteiger partial charge in [-0.05, 0) is 30.7 Å². The molecule has 11 heteroatoms. The van der Waals surface area contributed by atoms with E-state index in [4.69, 9.17) is 19.2 Å². The van der Waals surface area contributed by atoms with Gasteiger partial charge in [0.05, 0.1) is 44.7 Å². The summed E-state index contributed by atoms with van der Waals surface area (Å²) < 4.78 is 17.3. The zero-order valence-corrected chi connectivity index (χ0v) is 21.8. The van der Waals surface area contributed by atoms with E-state index in [1.807, 2.05) is 36.4 Å². The number of fused-ring (bicyclic) bond motifs is 2. The number of nitrogens with zero attached hydrogens (tertiary/aromatic N) is 5. The number of halogens is 1. The minimum absolute atomic E-state index is 0. The van der Waals surface area contributed by atoms with Crippen molar-refractivity contribution in [2.75, 3.05) is 58.5 Å². The van der Waals surface area contributed by atoms with Gasteiger partial charge in [-0.15, -0.1) is 12.4 Å². The molecule has 0 unspecified atom stereocenters. The van der Waals surface area contributed by atoms with Crippen LogP contribution in [0.3, 0.4) is 0 Å². The van der Waals surface area contributed by atoms with Crippen molar-refractivity contribution in [1.29, 1.82) is 0 Å². The monoisotopic (exact) mass is 529 g/mol. The van der Waals surface area contributed by atoms with E-state index in [-0.39, 0.29) is 24.0 Å². The highest BCUT2D eigenvalue weighted by molar-refractivity contribution is 7.22. The van der Waals surface area contributed by atoms with Crippen molar-refractivity contribution >= 4 is 56.0 Å². The van der Waals surface area contributed by atoms with Crippen LogP contribution in [0, 0.1) is 0 Å². The topological polar surface area (TPSA) is 89.9 Å². The van der Waals surface area contributed by atoms with E-state index in [0.29, 0.717) is 34.2 Å². The van der Waals surface area contributed by atoms with Crippen molar-refractivity contribution in [2.45, 2.75) is 6.42 Å². The average Bonchev–Trinajstić information content (AvgIpc) is 3.35. The van der Waals surface area contributed by atoms with E-state index in [1.54, 1.807) is 19.1 Å². The molecule has 5 rings (SSSR count). The van der Waals surface area contributed by atoms with Crippen molar-refractivity contribution in [3.63, 3.8) is 0 Å². The lowest BCUT2D eigenvalue weighted by molar-refractivity contribution is 0.0376. The molecule has 0 spiro atoms. The van der Waals surface area contributed by atoms with Crippen LogP contribution in [0.25, 0.3) is 21.3 Å². The Morgan fingerprint density at radius 1 is 1.06 bits per heavy atom. The number of rotatable bonds is 8. The maximum absolute atomic E-state index is 13.8. The van der Waals surface area contributed by atoms with Crippen LogP contribution >= 0.6 is 23.7 Å². The first-order valence-corrected chi connectivity index (χ1v) is 12.3. The van der Waals surface area contributed by atoms with Gasteiger partial charge < -0.3 is 14.2 Å². The highest BCUT2D eigenvalue weighted by Crippen LogP contribution is 2.40. The largest absolute Gasteiger partial charge is 0.495 e. The van der Waals surface area contributed by atoms with Crippen LogP contribution in [0.1, 0.15) is 16.9 Å². The van der Waals surface area contributed by atoms with Gasteiger partial charge in [-0.25, -0.2) is 9.97 Å².